The van der Waals surface area contributed by atoms with Gasteiger partial charge >= 0.3 is 0 Å². The maximum absolute atomic E-state index is 10.1. The molecule has 1 unspecified atom stereocenters. The molecule has 0 amide bonds. The number of aliphatic hydroxyl groups is 1. The fourth-order valence-corrected chi connectivity index (χ4v) is 2.77. The number of aromatic nitrogens is 4. The highest BCUT2D eigenvalue weighted by Gasteiger charge is 2.17. The molecule has 0 spiro atoms. The summed E-state index contributed by atoms with van der Waals surface area (Å²) in [5, 5.41) is 18.7. The molecule has 2 aromatic rings. The lowest BCUT2D eigenvalue weighted by molar-refractivity contribution is 0.127. The largest absolute Gasteiger partial charge is 0.388 e. The lowest BCUT2D eigenvalue weighted by atomic mass is 10.0. The lowest BCUT2D eigenvalue weighted by Crippen LogP contribution is -2.14. The summed E-state index contributed by atoms with van der Waals surface area (Å²) in [5.74, 6) is 2.36. The zero-order chi connectivity index (χ0) is 14.1. The molecule has 0 saturated heterocycles. The van der Waals surface area contributed by atoms with Crippen molar-refractivity contribution >= 4 is 0 Å². The van der Waals surface area contributed by atoms with E-state index in [0.717, 1.165) is 36.7 Å². The van der Waals surface area contributed by atoms with E-state index in [1.165, 1.54) is 12.8 Å². The maximum atomic E-state index is 10.1. The molecule has 3 rings (SSSR count). The lowest BCUT2D eigenvalue weighted by Gasteiger charge is -2.15. The quantitative estimate of drug-likeness (QED) is 0.929. The average molecular weight is 274 g/mol. The standard InChI is InChI=1S/C15H22N4O/c1-11(2)15(20)12-6-8-18(9-12)10-14-17-16-13-5-3-4-7-19(13)14/h6,8-9,11,15,20H,3-5,7,10H2,1-2H3. The summed E-state index contributed by atoms with van der Waals surface area (Å²) in [6, 6.07) is 1.98. The van der Waals surface area contributed by atoms with Gasteiger partial charge in [-0.05, 0) is 30.4 Å². The zero-order valence-corrected chi connectivity index (χ0v) is 12.2. The second-order valence-electron chi connectivity index (χ2n) is 5.95. The minimum atomic E-state index is -0.399. The van der Waals surface area contributed by atoms with E-state index in [-0.39, 0.29) is 5.92 Å². The van der Waals surface area contributed by atoms with E-state index >= 15 is 0 Å². The van der Waals surface area contributed by atoms with Crippen LogP contribution in [0.1, 0.15) is 50.0 Å². The molecule has 0 radical (unpaired) electrons. The number of rotatable bonds is 4. The van der Waals surface area contributed by atoms with Crippen molar-refractivity contribution in [1.29, 1.82) is 0 Å². The van der Waals surface area contributed by atoms with Gasteiger partial charge in [-0.1, -0.05) is 13.8 Å². The minimum absolute atomic E-state index is 0.228. The zero-order valence-electron chi connectivity index (χ0n) is 12.2. The predicted molar refractivity (Wildman–Crippen MR) is 76.3 cm³/mol. The minimum Gasteiger partial charge on any atom is -0.388 e. The first-order valence-corrected chi connectivity index (χ1v) is 7.40. The summed E-state index contributed by atoms with van der Waals surface area (Å²) in [4.78, 5) is 0. The molecule has 1 aliphatic rings. The second kappa shape index (κ2) is 5.40. The van der Waals surface area contributed by atoms with E-state index in [0.29, 0.717) is 0 Å². The van der Waals surface area contributed by atoms with Crippen molar-refractivity contribution in [3.8, 4) is 0 Å². The fraction of sp³-hybridized carbons (Fsp3) is 0.600. The van der Waals surface area contributed by atoms with Crippen LogP contribution >= 0.6 is 0 Å². The Bertz CT molecular complexity index is 584. The van der Waals surface area contributed by atoms with Gasteiger partial charge in [-0.3, -0.25) is 0 Å². The van der Waals surface area contributed by atoms with Gasteiger partial charge in [0.05, 0.1) is 12.6 Å². The van der Waals surface area contributed by atoms with E-state index in [1.807, 2.05) is 32.3 Å². The number of aryl methyl sites for hydroxylation is 1. The molecule has 1 atom stereocenters. The highest BCUT2D eigenvalue weighted by molar-refractivity contribution is 5.15. The third kappa shape index (κ3) is 2.50. The van der Waals surface area contributed by atoms with Crippen LogP contribution in [0.2, 0.25) is 0 Å². The molecule has 5 heteroatoms. The number of aliphatic hydroxyl groups excluding tert-OH is 1. The Hall–Kier alpha value is -1.62. The van der Waals surface area contributed by atoms with Gasteiger partial charge in [0, 0.05) is 25.4 Å². The summed E-state index contributed by atoms with van der Waals surface area (Å²) in [6.45, 7) is 5.80. The smallest absolute Gasteiger partial charge is 0.152 e. The number of nitrogens with zero attached hydrogens (tertiary/aromatic N) is 4. The molecule has 0 aromatic carbocycles. The van der Waals surface area contributed by atoms with Gasteiger partial charge in [0.25, 0.3) is 0 Å². The topological polar surface area (TPSA) is 55.9 Å². The van der Waals surface area contributed by atoms with Crippen LogP contribution in [0.3, 0.4) is 0 Å². The normalized spacial score (nSPS) is 16.4. The molecule has 1 N–H and O–H groups in total. The van der Waals surface area contributed by atoms with Gasteiger partial charge in [-0.25, -0.2) is 0 Å². The van der Waals surface area contributed by atoms with Crippen molar-refractivity contribution in [3.63, 3.8) is 0 Å². The van der Waals surface area contributed by atoms with E-state index in [2.05, 4.69) is 19.3 Å². The Labute approximate surface area is 119 Å². The van der Waals surface area contributed by atoms with E-state index in [9.17, 15) is 5.11 Å². The molecule has 0 fully saturated rings. The Morgan fingerprint density at radius 3 is 2.95 bits per heavy atom. The van der Waals surface area contributed by atoms with E-state index in [4.69, 9.17) is 0 Å². The van der Waals surface area contributed by atoms with Crippen LogP contribution in [0.25, 0.3) is 0 Å². The Morgan fingerprint density at radius 2 is 2.15 bits per heavy atom. The van der Waals surface area contributed by atoms with Crippen LogP contribution in [0, 0.1) is 5.92 Å². The Kier molecular flexibility index (Phi) is 3.61. The molecule has 20 heavy (non-hydrogen) atoms. The highest BCUT2D eigenvalue weighted by atomic mass is 16.3. The summed E-state index contributed by atoms with van der Waals surface area (Å²) in [7, 11) is 0. The van der Waals surface area contributed by atoms with Gasteiger partial charge in [0.2, 0.25) is 0 Å². The molecule has 3 heterocycles. The van der Waals surface area contributed by atoms with Crippen molar-refractivity contribution < 1.29 is 5.11 Å². The molecule has 0 aliphatic carbocycles. The molecule has 0 saturated carbocycles. The second-order valence-corrected chi connectivity index (χ2v) is 5.95. The van der Waals surface area contributed by atoms with Gasteiger partial charge in [-0.15, -0.1) is 10.2 Å². The first kappa shape index (κ1) is 13.4. The van der Waals surface area contributed by atoms with Gasteiger partial charge in [0.15, 0.2) is 5.82 Å². The summed E-state index contributed by atoms with van der Waals surface area (Å²) in [6.07, 6.45) is 7.08. The number of fused-ring (bicyclic) bond motifs is 1. The van der Waals surface area contributed by atoms with Crippen LogP contribution in [0.15, 0.2) is 18.5 Å². The van der Waals surface area contributed by atoms with Crippen LogP contribution in [0.4, 0.5) is 0 Å². The van der Waals surface area contributed by atoms with Crippen LogP contribution in [0.5, 0.6) is 0 Å². The number of hydrogen-bond donors (Lipinski definition) is 1. The third-order valence-corrected chi connectivity index (χ3v) is 4.01. The predicted octanol–water partition coefficient (Wildman–Crippen LogP) is 2.15. The number of hydrogen-bond acceptors (Lipinski definition) is 3. The van der Waals surface area contributed by atoms with Crippen LogP contribution < -0.4 is 0 Å². The molecule has 108 valence electrons. The van der Waals surface area contributed by atoms with Crippen molar-refractivity contribution in [1.82, 2.24) is 19.3 Å². The highest BCUT2D eigenvalue weighted by Crippen LogP contribution is 2.22. The fourth-order valence-electron chi connectivity index (χ4n) is 2.77. The first-order valence-electron chi connectivity index (χ1n) is 7.40. The van der Waals surface area contributed by atoms with Gasteiger partial charge < -0.3 is 14.2 Å². The summed E-state index contributed by atoms with van der Waals surface area (Å²) < 4.78 is 4.31. The maximum Gasteiger partial charge on any atom is 0.152 e. The van der Waals surface area contributed by atoms with Crippen LogP contribution in [-0.2, 0) is 19.5 Å². The van der Waals surface area contributed by atoms with E-state index in [1.54, 1.807) is 0 Å². The van der Waals surface area contributed by atoms with Gasteiger partial charge in [-0.2, -0.15) is 0 Å². The molecule has 0 bridgehead atoms. The van der Waals surface area contributed by atoms with E-state index < -0.39 is 6.10 Å². The first-order chi connectivity index (χ1) is 9.65. The summed E-state index contributed by atoms with van der Waals surface area (Å²) in [5.41, 5.74) is 0.971. The van der Waals surface area contributed by atoms with Crippen molar-refractivity contribution in [2.75, 3.05) is 0 Å². The van der Waals surface area contributed by atoms with Gasteiger partial charge in [0.1, 0.15) is 5.82 Å². The molecule has 5 nitrogen and oxygen atoms in total. The van der Waals surface area contributed by atoms with Crippen molar-refractivity contribution in [3.05, 3.63) is 35.7 Å². The summed E-state index contributed by atoms with van der Waals surface area (Å²) >= 11 is 0. The average Bonchev–Trinajstić information content (AvgIpc) is 3.06. The molecule has 1 aliphatic heterocycles. The third-order valence-electron chi connectivity index (χ3n) is 4.01. The Balaban J connectivity index is 1.77. The van der Waals surface area contributed by atoms with Crippen molar-refractivity contribution in [2.45, 2.75) is 52.3 Å². The molecule has 2 aromatic heterocycles. The monoisotopic (exact) mass is 274 g/mol. The SMILES string of the molecule is CC(C)C(O)c1ccn(Cc2nnc3n2CCCC3)c1. The molecular weight excluding hydrogens is 252 g/mol. The molecular formula is C15H22N4O. The Morgan fingerprint density at radius 1 is 1.30 bits per heavy atom. The van der Waals surface area contributed by atoms with Crippen LogP contribution in [-0.4, -0.2) is 24.4 Å². The van der Waals surface area contributed by atoms with Crippen molar-refractivity contribution in [2.24, 2.45) is 5.92 Å².